The number of pyridine rings is 1. The number of amides is 3. The Hall–Kier alpha value is -4.21. The molecule has 9 nitrogen and oxygen atoms in total. The van der Waals surface area contributed by atoms with Crippen molar-refractivity contribution in [1.82, 2.24) is 24.1 Å². The Balaban J connectivity index is 1.26. The number of ether oxygens (including phenoxy) is 1. The summed E-state index contributed by atoms with van der Waals surface area (Å²) >= 11 is 0. The summed E-state index contributed by atoms with van der Waals surface area (Å²) in [6.45, 7) is 17.3. The average Bonchev–Trinajstić information content (AvgIpc) is 3.52. The largest absolute Gasteiger partial charge is 0.444 e. The highest BCUT2D eigenvalue weighted by atomic mass is 19.1. The first-order valence-corrected chi connectivity index (χ1v) is 17.3. The highest BCUT2D eigenvalue weighted by Gasteiger charge is 2.51. The Labute approximate surface area is 282 Å². The van der Waals surface area contributed by atoms with Crippen molar-refractivity contribution in [2.24, 2.45) is 5.92 Å². The fourth-order valence-corrected chi connectivity index (χ4v) is 7.98. The van der Waals surface area contributed by atoms with Gasteiger partial charge in [0.2, 0.25) is 5.91 Å². The molecule has 0 unspecified atom stereocenters. The highest BCUT2D eigenvalue weighted by Crippen LogP contribution is 2.44. The number of carbonyl (C=O) groups excluding carboxylic acids is 3. The van der Waals surface area contributed by atoms with Gasteiger partial charge < -0.3 is 18.9 Å². The molecule has 3 atom stereocenters. The molecule has 1 saturated carbocycles. The molecule has 7 rings (SSSR count). The van der Waals surface area contributed by atoms with Crippen molar-refractivity contribution < 1.29 is 23.5 Å². The summed E-state index contributed by atoms with van der Waals surface area (Å²) < 4.78 is 22.4. The Morgan fingerprint density at radius 2 is 1.81 bits per heavy atom. The van der Waals surface area contributed by atoms with Crippen molar-refractivity contribution in [1.29, 1.82) is 0 Å². The molecule has 3 aliphatic heterocycles. The van der Waals surface area contributed by atoms with E-state index in [1.807, 2.05) is 50.8 Å². The summed E-state index contributed by atoms with van der Waals surface area (Å²) in [6.07, 6.45) is 9.05. The van der Waals surface area contributed by atoms with Gasteiger partial charge in [0, 0.05) is 49.4 Å². The monoisotopic (exact) mass is 657 g/mol. The van der Waals surface area contributed by atoms with E-state index in [2.05, 4.69) is 23.8 Å². The van der Waals surface area contributed by atoms with Gasteiger partial charge in [0.15, 0.2) is 0 Å². The van der Waals surface area contributed by atoms with E-state index in [4.69, 9.17) is 4.74 Å². The van der Waals surface area contributed by atoms with Crippen LogP contribution in [0.4, 0.5) is 9.18 Å². The number of carbonyl (C=O) groups is 3. The van der Waals surface area contributed by atoms with Gasteiger partial charge in [0.05, 0.1) is 23.6 Å². The Kier molecular flexibility index (Phi) is 9.13. The number of hydrogen-bond donors (Lipinski definition) is 0. The molecule has 2 bridgehead atoms. The van der Waals surface area contributed by atoms with E-state index in [0.29, 0.717) is 37.2 Å². The van der Waals surface area contributed by atoms with E-state index < -0.39 is 23.6 Å². The summed E-state index contributed by atoms with van der Waals surface area (Å²) in [5.74, 6) is -0.607. The Morgan fingerprint density at radius 3 is 2.46 bits per heavy atom. The summed E-state index contributed by atoms with van der Waals surface area (Å²) in [4.78, 5) is 51.1. The maximum absolute atomic E-state index is 14.6. The van der Waals surface area contributed by atoms with Crippen LogP contribution in [0.5, 0.6) is 0 Å². The van der Waals surface area contributed by atoms with Crippen LogP contribution in [0.25, 0.3) is 16.6 Å². The molecule has 4 fully saturated rings. The van der Waals surface area contributed by atoms with Gasteiger partial charge in [0.1, 0.15) is 17.5 Å². The third-order valence-corrected chi connectivity index (χ3v) is 10.3. The second-order valence-electron chi connectivity index (χ2n) is 14.9. The van der Waals surface area contributed by atoms with E-state index >= 15 is 0 Å². The highest BCUT2D eigenvalue weighted by molar-refractivity contribution is 6.03. The van der Waals surface area contributed by atoms with Crippen molar-refractivity contribution in [3.05, 3.63) is 72.1 Å². The molecule has 0 radical (unpaired) electrons. The van der Waals surface area contributed by atoms with Crippen LogP contribution in [0.15, 0.2) is 55.1 Å². The van der Waals surface area contributed by atoms with Crippen LogP contribution in [0.2, 0.25) is 0 Å². The van der Waals surface area contributed by atoms with Crippen molar-refractivity contribution >= 4 is 23.4 Å². The van der Waals surface area contributed by atoms with Gasteiger partial charge in [-0.25, -0.2) is 14.2 Å². The number of hydrogen-bond acceptors (Lipinski definition) is 5. The van der Waals surface area contributed by atoms with E-state index in [1.165, 1.54) is 12.1 Å². The summed E-state index contributed by atoms with van der Waals surface area (Å²) in [5, 5.41) is 0. The molecule has 3 aromatic rings. The van der Waals surface area contributed by atoms with Gasteiger partial charge in [-0.15, -0.1) is 0 Å². The standard InChI is InChI=1S/C38H48FN5O4/c1-8-43(23(2)3)35(45)32-19-27(39)9-11-30(32)31-18-26(21-42-22-40-20-33(31)42)25-13-15-41(16-14-25)36(46)34-29-12-10-28(17-24(29)4)44(34)37(47)48-38(5,6)7/h9,11,18-23,25,28-29,34H,4,8,10,12-17H2,1-3,5-7H3/t28-,29+,34+/m0/s1. The molecule has 4 aliphatic rings. The molecule has 0 spiro atoms. The molecule has 0 N–H and O–H groups in total. The van der Waals surface area contributed by atoms with Crippen LogP contribution in [-0.2, 0) is 9.53 Å². The zero-order chi connectivity index (χ0) is 34.5. The van der Waals surface area contributed by atoms with Crippen LogP contribution in [0.1, 0.15) is 95.5 Å². The number of aromatic nitrogens is 2. The lowest BCUT2D eigenvalue weighted by molar-refractivity contribution is -0.144. The summed E-state index contributed by atoms with van der Waals surface area (Å²) in [7, 11) is 0. The number of halogens is 1. The summed E-state index contributed by atoms with van der Waals surface area (Å²) in [6, 6.07) is 5.82. The molecule has 10 heteroatoms. The van der Waals surface area contributed by atoms with Crippen molar-refractivity contribution in [3.8, 4) is 11.1 Å². The maximum Gasteiger partial charge on any atom is 0.411 e. The van der Waals surface area contributed by atoms with Crippen molar-refractivity contribution in [3.63, 3.8) is 0 Å². The molecular formula is C38H48FN5O4. The van der Waals surface area contributed by atoms with Crippen LogP contribution >= 0.6 is 0 Å². The lowest BCUT2D eigenvalue weighted by Gasteiger charge is -2.52. The van der Waals surface area contributed by atoms with E-state index in [9.17, 15) is 18.8 Å². The van der Waals surface area contributed by atoms with Gasteiger partial charge >= 0.3 is 6.09 Å². The lowest BCUT2D eigenvalue weighted by atomic mass is 9.71. The quantitative estimate of drug-likeness (QED) is 0.265. The van der Waals surface area contributed by atoms with Gasteiger partial charge in [-0.3, -0.25) is 14.5 Å². The molecule has 3 amide bonds. The Bertz CT molecular complexity index is 1730. The SMILES string of the molecule is C=C1C[C@@H]2CC[C@H]1[C@H](C(=O)N1CCC(c3cc(-c4ccc(F)cc4C(=O)N(CC)C(C)C)c4cncn4c3)CC1)N2C(=O)OC(C)(C)C. The van der Waals surface area contributed by atoms with Crippen LogP contribution in [0, 0.1) is 11.7 Å². The summed E-state index contributed by atoms with van der Waals surface area (Å²) in [5.41, 5.74) is 4.10. The predicted octanol–water partition coefficient (Wildman–Crippen LogP) is 7.06. The fraction of sp³-hybridized carbons (Fsp3) is 0.526. The number of fused-ring (bicyclic) bond motifs is 4. The smallest absolute Gasteiger partial charge is 0.411 e. The van der Waals surface area contributed by atoms with Crippen LogP contribution in [-0.4, -0.2) is 85.4 Å². The normalized spacial score (nSPS) is 21.7. The van der Waals surface area contributed by atoms with Crippen molar-refractivity contribution in [2.75, 3.05) is 19.6 Å². The third-order valence-electron chi connectivity index (χ3n) is 10.3. The predicted molar refractivity (Wildman–Crippen MR) is 183 cm³/mol. The minimum atomic E-state index is -0.655. The second kappa shape index (κ2) is 13.0. The molecule has 5 heterocycles. The first kappa shape index (κ1) is 33.7. The zero-order valence-corrected chi connectivity index (χ0v) is 29.0. The number of benzene rings is 1. The molecule has 1 aromatic carbocycles. The third kappa shape index (κ3) is 6.33. The Morgan fingerprint density at radius 1 is 1.08 bits per heavy atom. The van der Waals surface area contributed by atoms with E-state index in [0.717, 1.165) is 47.9 Å². The first-order valence-electron chi connectivity index (χ1n) is 17.3. The molecule has 256 valence electrons. The molecule has 2 aromatic heterocycles. The topological polar surface area (TPSA) is 87.5 Å². The number of rotatable bonds is 6. The van der Waals surface area contributed by atoms with Gasteiger partial charge in [-0.05, 0) is 109 Å². The average molecular weight is 658 g/mol. The number of imidazole rings is 1. The van der Waals surface area contributed by atoms with Gasteiger partial charge in [0.25, 0.3) is 5.91 Å². The number of piperidine rings is 3. The van der Waals surface area contributed by atoms with Crippen LogP contribution < -0.4 is 0 Å². The van der Waals surface area contributed by atoms with E-state index in [1.54, 1.807) is 28.4 Å². The number of likely N-dealkylation sites (tertiary alicyclic amines) is 1. The van der Waals surface area contributed by atoms with Crippen LogP contribution in [0.3, 0.4) is 0 Å². The lowest BCUT2D eigenvalue weighted by Crippen LogP contribution is -2.64. The molecule has 3 saturated heterocycles. The van der Waals surface area contributed by atoms with Crippen molar-refractivity contribution in [2.45, 2.75) is 103 Å². The second-order valence-corrected chi connectivity index (χ2v) is 14.9. The molecule has 1 aliphatic carbocycles. The minimum absolute atomic E-state index is 0.0271. The minimum Gasteiger partial charge on any atom is -0.444 e. The fourth-order valence-electron chi connectivity index (χ4n) is 7.98. The molecular weight excluding hydrogens is 609 g/mol. The first-order chi connectivity index (χ1) is 22.8. The maximum atomic E-state index is 14.6. The zero-order valence-electron chi connectivity index (χ0n) is 29.0. The van der Waals surface area contributed by atoms with Gasteiger partial charge in [-0.1, -0.05) is 18.2 Å². The van der Waals surface area contributed by atoms with Gasteiger partial charge in [-0.2, -0.15) is 0 Å². The molecule has 48 heavy (non-hydrogen) atoms. The van der Waals surface area contributed by atoms with E-state index in [-0.39, 0.29) is 35.7 Å². The number of nitrogens with zero attached hydrogens (tertiary/aromatic N) is 5.